The van der Waals surface area contributed by atoms with Crippen LogP contribution in [0.4, 0.5) is 0 Å². The molecule has 2 aliphatic rings. The zero-order chi connectivity index (χ0) is 48.8. The van der Waals surface area contributed by atoms with Gasteiger partial charge in [-0.3, -0.25) is 24.2 Å². The molecule has 17 heteroatoms. The van der Waals surface area contributed by atoms with E-state index >= 15 is 0 Å². The fourth-order valence-corrected chi connectivity index (χ4v) is 9.58. The number of primary amides is 2. The first kappa shape index (κ1) is 46.1. The Morgan fingerprint density at radius 3 is 1.30 bits per heavy atom. The Balaban J connectivity index is 0.000000165. The first-order valence-electron chi connectivity index (χ1n) is 22.7. The monoisotopic (exact) mass is 971 g/mol. The second-order valence-electron chi connectivity index (χ2n) is 17.7. The van der Waals surface area contributed by atoms with E-state index in [2.05, 4.69) is 48.8 Å². The van der Waals surface area contributed by atoms with Crippen LogP contribution in [0.1, 0.15) is 41.4 Å². The van der Waals surface area contributed by atoms with Crippen molar-refractivity contribution in [3.8, 4) is 33.5 Å². The summed E-state index contributed by atoms with van der Waals surface area (Å²) in [5.74, 6) is -1.02. The van der Waals surface area contributed by atoms with Crippen molar-refractivity contribution in [3.05, 3.63) is 148 Å². The predicted molar refractivity (Wildman–Crippen MR) is 275 cm³/mol. The molecule has 4 amide bonds. The number of carbonyl (C=O) groups excluding carboxylic acids is 4. The number of rotatable bonds is 7. The lowest BCUT2D eigenvalue weighted by atomic mass is 9.97. The first-order chi connectivity index (χ1) is 33.8. The van der Waals surface area contributed by atoms with E-state index in [-0.39, 0.29) is 11.8 Å². The highest BCUT2D eigenvalue weighted by molar-refractivity contribution is 6.30. The van der Waals surface area contributed by atoms with Crippen LogP contribution < -0.4 is 11.5 Å². The average Bonchev–Trinajstić information content (AvgIpc) is 3.95. The van der Waals surface area contributed by atoms with Crippen molar-refractivity contribution in [2.24, 2.45) is 11.5 Å². The van der Waals surface area contributed by atoms with E-state index in [1.807, 2.05) is 82.6 Å². The van der Waals surface area contributed by atoms with Gasteiger partial charge >= 0.3 is 0 Å². The Kier molecular flexibility index (Phi) is 12.5. The molecule has 4 aromatic carbocycles. The Hall–Kier alpha value is -7.69. The summed E-state index contributed by atoms with van der Waals surface area (Å²) in [6.45, 7) is 6.25. The number of pyridine rings is 3. The molecule has 6 N–H and O–H groups in total. The van der Waals surface area contributed by atoms with Crippen molar-refractivity contribution in [1.82, 2.24) is 44.5 Å². The average molecular weight is 973 g/mol. The molecule has 2 saturated heterocycles. The van der Waals surface area contributed by atoms with Crippen molar-refractivity contribution in [2.45, 2.75) is 0 Å². The summed E-state index contributed by atoms with van der Waals surface area (Å²) in [6.07, 6.45) is 5.18. The maximum Gasteiger partial charge on any atom is 0.254 e. The number of fused-ring (bicyclic) bond motifs is 6. The number of likely N-dealkylation sites (N-methyl/N-ethyl adjacent to an activating group) is 2. The van der Waals surface area contributed by atoms with E-state index in [1.54, 1.807) is 42.9 Å². The highest BCUT2D eigenvalue weighted by Gasteiger charge is 2.25. The van der Waals surface area contributed by atoms with Gasteiger partial charge in [0.1, 0.15) is 10.3 Å². The Morgan fingerprint density at radius 1 is 0.500 bits per heavy atom. The van der Waals surface area contributed by atoms with Crippen LogP contribution in [0.25, 0.3) is 77.1 Å². The zero-order valence-electron chi connectivity index (χ0n) is 38.3. The Morgan fingerprint density at radius 2 is 0.914 bits per heavy atom. The van der Waals surface area contributed by atoms with Crippen LogP contribution in [-0.2, 0) is 0 Å². The summed E-state index contributed by atoms with van der Waals surface area (Å²) >= 11 is 11.9. The third kappa shape index (κ3) is 8.91. The molecule has 7 heterocycles. The summed E-state index contributed by atoms with van der Waals surface area (Å²) in [6, 6.07) is 29.6. The molecule has 70 heavy (non-hydrogen) atoms. The van der Waals surface area contributed by atoms with Crippen molar-refractivity contribution in [1.29, 1.82) is 0 Å². The van der Waals surface area contributed by atoms with Gasteiger partial charge in [0.05, 0.1) is 27.9 Å². The molecule has 0 unspecified atom stereocenters. The molecule has 15 nitrogen and oxygen atoms in total. The molecular weight excluding hydrogens is 926 g/mol. The van der Waals surface area contributed by atoms with Gasteiger partial charge in [-0.05, 0) is 92.0 Å². The van der Waals surface area contributed by atoms with E-state index < -0.39 is 11.8 Å². The third-order valence-corrected chi connectivity index (χ3v) is 13.7. The van der Waals surface area contributed by atoms with Crippen LogP contribution in [0.15, 0.2) is 116 Å². The van der Waals surface area contributed by atoms with Crippen LogP contribution in [0, 0.1) is 0 Å². The Labute approximate surface area is 412 Å². The minimum absolute atomic E-state index is 0.00508. The summed E-state index contributed by atoms with van der Waals surface area (Å²) in [5.41, 5.74) is 21.4. The van der Waals surface area contributed by atoms with Gasteiger partial charge in [-0.2, -0.15) is 0 Å². The van der Waals surface area contributed by atoms with Crippen molar-refractivity contribution in [2.75, 3.05) is 66.5 Å². The molecule has 2 aliphatic heterocycles. The lowest BCUT2D eigenvalue weighted by Gasteiger charge is -2.32. The van der Waals surface area contributed by atoms with E-state index in [1.165, 1.54) is 0 Å². The molecule has 0 bridgehead atoms. The second-order valence-corrected chi connectivity index (χ2v) is 18.5. The molecule has 2 fully saturated rings. The number of amides is 4. The first-order valence-corrected chi connectivity index (χ1v) is 23.5. The number of piperazine rings is 2. The minimum atomic E-state index is -0.523. The smallest absolute Gasteiger partial charge is 0.254 e. The second kappa shape index (κ2) is 19.0. The van der Waals surface area contributed by atoms with Crippen LogP contribution >= 0.6 is 23.2 Å². The zero-order valence-corrected chi connectivity index (χ0v) is 39.8. The number of hydrogen-bond donors (Lipinski definition) is 4. The summed E-state index contributed by atoms with van der Waals surface area (Å²) in [7, 11) is 4.12. The minimum Gasteiger partial charge on any atom is -0.366 e. The van der Waals surface area contributed by atoms with Crippen molar-refractivity contribution in [3.63, 3.8) is 0 Å². The number of benzene rings is 4. The van der Waals surface area contributed by atoms with Crippen molar-refractivity contribution < 1.29 is 19.2 Å². The summed E-state index contributed by atoms with van der Waals surface area (Å²) in [4.78, 5) is 78.5. The van der Waals surface area contributed by atoms with E-state index in [4.69, 9.17) is 34.7 Å². The summed E-state index contributed by atoms with van der Waals surface area (Å²) < 4.78 is 0. The van der Waals surface area contributed by atoms with Gasteiger partial charge in [-0.25, -0.2) is 9.97 Å². The molecule has 0 aliphatic carbocycles. The Bertz CT molecular complexity index is 3500. The fourth-order valence-electron chi connectivity index (χ4n) is 9.35. The van der Waals surface area contributed by atoms with Gasteiger partial charge in [0.15, 0.2) is 0 Å². The lowest BCUT2D eigenvalue weighted by molar-refractivity contribution is 0.0657. The van der Waals surface area contributed by atoms with Gasteiger partial charge in [-0.1, -0.05) is 53.5 Å². The van der Waals surface area contributed by atoms with E-state index in [0.717, 1.165) is 92.3 Å². The standard InChI is InChI=1S/C29H25ClN6O2.C24H22ClN5O2/c1-35-10-12-36(13-11-35)29(38)17-2-5-21-24(14-17)34-27-22(28(31)37)7-6-20(26(21)27)18-3-8-23(32-15-18)19-4-9-25(30)33-16-19;1-29-8-10-30(11-9-29)24(32)14-2-4-17-19(12-14)28-22-18(23(26)31)6-5-16(21(17)22)15-3-7-20(25)27-13-15/h2-9,14-16,34H,10-13H2,1H3,(H2,31,37);2-7,12-13,28H,8-11H2,1H3,(H2,26,31). The lowest BCUT2D eigenvalue weighted by Crippen LogP contribution is -2.47. The van der Waals surface area contributed by atoms with E-state index in [0.29, 0.717) is 69.8 Å². The topological polar surface area (TPSA) is 204 Å². The van der Waals surface area contributed by atoms with Crippen LogP contribution in [-0.4, -0.2) is 135 Å². The van der Waals surface area contributed by atoms with Gasteiger partial charge in [0.2, 0.25) is 0 Å². The number of hydrogen-bond acceptors (Lipinski definition) is 9. The number of aromatic amines is 2. The fraction of sp³-hybridized carbons (Fsp3) is 0.189. The van der Waals surface area contributed by atoms with Crippen LogP contribution in [0.2, 0.25) is 10.3 Å². The van der Waals surface area contributed by atoms with Gasteiger partial charge in [0.25, 0.3) is 23.6 Å². The van der Waals surface area contributed by atoms with E-state index in [9.17, 15) is 19.2 Å². The highest BCUT2D eigenvalue weighted by Crippen LogP contribution is 2.39. The normalized spacial score (nSPS) is 14.6. The number of carbonyl (C=O) groups is 4. The molecule has 0 atom stereocenters. The molecule has 9 aromatic rings. The van der Waals surface area contributed by atoms with Crippen molar-refractivity contribution >= 4 is 90.4 Å². The largest absolute Gasteiger partial charge is 0.366 e. The maximum absolute atomic E-state index is 13.2. The predicted octanol–water partition coefficient (Wildman–Crippen LogP) is 8.11. The summed E-state index contributed by atoms with van der Waals surface area (Å²) in [5, 5.41) is 4.36. The quantitative estimate of drug-likeness (QED) is 0.114. The number of nitrogens with zero attached hydrogens (tertiary/aromatic N) is 7. The van der Waals surface area contributed by atoms with Gasteiger partial charge in [0, 0.05) is 131 Å². The molecule has 5 aromatic heterocycles. The maximum atomic E-state index is 13.2. The third-order valence-electron chi connectivity index (χ3n) is 13.2. The molecule has 0 saturated carbocycles. The van der Waals surface area contributed by atoms with Crippen LogP contribution in [0.5, 0.6) is 0 Å². The number of aromatic nitrogens is 5. The molecule has 11 rings (SSSR count). The van der Waals surface area contributed by atoms with Gasteiger partial charge < -0.3 is 41.0 Å². The number of halogens is 2. The number of H-pyrrole nitrogens is 2. The van der Waals surface area contributed by atoms with Gasteiger partial charge in [-0.15, -0.1) is 0 Å². The molecule has 0 spiro atoms. The molecular formula is C53H47Cl2N11O4. The number of nitrogens with two attached hydrogens (primary N) is 2. The highest BCUT2D eigenvalue weighted by atomic mass is 35.5. The van der Waals surface area contributed by atoms with Crippen LogP contribution in [0.3, 0.4) is 0 Å². The molecule has 0 radical (unpaired) electrons. The molecule has 352 valence electrons. The number of nitrogens with one attached hydrogen (secondary N) is 2. The SMILES string of the molecule is CN1CCN(C(=O)c2ccc3c(c2)[nH]c2c(C(N)=O)ccc(-c4ccc(-c5ccc(Cl)nc5)nc4)c23)CC1.CN1CCN(C(=O)c2ccc3c(c2)[nH]c2c(C(N)=O)ccc(-c4ccc(Cl)nc4)c23)CC1.